The molecule has 1 amide bonds. The van der Waals surface area contributed by atoms with Gasteiger partial charge in [0.25, 0.3) is 5.91 Å². The fourth-order valence-electron chi connectivity index (χ4n) is 1.83. The molecule has 0 heterocycles. The molecular formula is C19H20ClNO3. The van der Waals surface area contributed by atoms with Crippen LogP contribution in [0.4, 0.5) is 5.69 Å². The molecule has 24 heavy (non-hydrogen) atoms. The van der Waals surface area contributed by atoms with E-state index < -0.39 is 5.41 Å². The molecule has 0 saturated heterocycles. The second-order valence-electron chi connectivity index (χ2n) is 6.45. The fourth-order valence-corrected chi connectivity index (χ4v) is 1.96. The smallest absolute Gasteiger partial charge is 0.255 e. The second-order valence-corrected chi connectivity index (χ2v) is 6.89. The van der Waals surface area contributed by atoms with E-state index in [9.17, 15) is 9.59 Å². The van der Waals surface area contributed by atoms with Crippen LogP contribution in [0.25, 0.3) is 0 Å². The van der Waals surface area contributed by atoms with Crippen molar-refractivity contribution in [3.8, 4) is 5.75 Å². The minimum Gasteiger partial charge on any atom is -0.486 e. The van der Waals surface area contributed by atoms with E-state index in [0.29, 0.717) is 22.0 Å². The first-order chi connectivity index (χ1) is 11.3. The van der Waals surface area contributed by atoms with Crippen LogP contribution >= 0.6 is 11.6 Å². The third-order valence-electron chi connectivity index (χ3n) is 3.40. The van der Waals surface area contributed by atoms with E-state index in [2.05, 4.69) is 5.32 Å². The van der Waals surface area contributed by atoms with Crippen LogP contribution in [0.5, 0.6) is 5.75 Å². The van der Waals surface area contributed by atoms with Crippen LogP contribution < -0.4 is 10.1 Å². The summed E-state index contributed by atoms with van der Waals surface area (Å²) >= 11 is 5.81. The van der Waals surface area contributed by atoms with Gasteiger partial charge in [-0.25, -0.2) is 0 Å². The molecule has 2 aromatic rings. The Morgan fingerprint density at radius 3 is 2.38 bits per heavy atom. The van der Waals surface area contributed by atoms with Crippen molar-refractivity contribution in [1.29, 1.82) is 0 Å². The lowest BCUT2D eigenvalue weighted by molar-refractivity contribution is -0.128. The summed E-state index contributed by atoms with van der Waals surface area (Å²) in [5, 5.41) is 3.36. The summed E-state index contributed by atoms with van der Waals surface area (Å²) in [7, 11) is 0. The van der Waals surface area contributed by atoms with Crippen molar-refractivity contribution in [3.63, 3.8) is 0 Å². The van der Waals surface area contributed by atoms with Crippen LogP contribution in [0, 0.1) is 5.41 Å². The van der Waals surface area contributed by atoms with Crippen LogP contribution in [-0.2, 0) is 4.79 Å². The van der Waals surface area contributed by atoms with Gasteiger partial charge in [0.15, 0.2) is 5.78 Å². The predicted octanol–water partition coefficient (Wildman–Crippen LogP) is 4.59. The maximum absolute atomic E-state index is 12.2. The topological polar surface area (TPSA) is 55.4 Å². The van der Waals surface area contributed by atoms with Gasteiger partial charge in [-0.1, -0.05) is 38.4 Å². The highest BCUT2D eigenvalue weighted by Crippen LogP contribution is 2.20. The number of rotatable bonds is 5. The van der Waals surface area contributed by atoms with E-state index >= 15 is 0 Å². The Labute approximate surface area is 146 Å². The van der Waals surface area contributed by atoms with E-state index in [-0.39, 0.29) is 18.3 Å². The van der Waals surface area contributed by atoms with Crippen molar-refractivity contribution in [3.05, 3.63) is 59.1 Å². The minimum absolute atomic E-state index is 0.00190. The zero-order chi connectivity index (χ0) is 17.7. The number of amides is 1. The number of Topliss-reactive ketones (excluding diaryl/α,β-unsaturated/α-hetero) is 1. The summed E-state index contributed by atoms with van der Waals surface area (Å²) in [4.78, 5) is 24.1. The largest absolute Gasteiger partial charge is 0.486 e. The van der Waals surface area contributed by atoms with Crippen molar-refractivity contribution in [1.82, 2.24) is 0 Å². The van der Waals surface area contributed by atoms with Gasteiger partial charge in [0.2, 0.25) is 0 Å². The highest BCUT2D eigenvalue weighted by molar-refractivity contribution is 6.30. The van der Waals surface area contributed by atoms with Crippen molar-refractivity contribution in [2.75, 3.05) is 11.9 Å². The zero-order valence-electron chi connectivity index (χ0n) is 13.9. The Kier molecular flexibility index (Phi) is 5.62. The first-order valence-corrected chi connectivity index (χ1v) is 7.96. The number of halogens is 1. The van der Waals surface area contributed by atoms with Gasteiger partial charge >= 0.3 is 0 Å². The molecule has 126 valence electrons. The van der Waals surface area contributed by atoms with Gasteiger partial charge in [0, 0.05) is 27.8 Å². The summed E-state index contributed by atoms with van der Waals surface area (Å²) in [6, 6.07) is 13.6. The SMILES string of the molecule is CC(C)(C)C(=O)COc1cccc(NC(=O)c2ccc(Cl)cc2)c1. The van der Waals surface area contributed by atoms with Crippen LogP contribution in [0.3, 0.4) is 0 Å². The Bertz CT molecular complexity index is 733. The van der Waals surface area contributed by atoms with Gasteiger partial charge in [-0.3, -0.25) is 9.59 Å². The third-order valence-corrected chi connectivity index (χ3v) is 3.66. The van der Waals surface area contributed by atoms with Crippen LogP contribution in [0.15, 0.2) is 48.5 Å². The molecule has 5 heteroatoms. The van der Waals surface area contributed by atoms with Crippen molar-refractivity contribution < 1.29 is 14.3 Å². The summed E-state index contributed by atoms with van der Waals surface area (Å²) in [5.41, 5.74) is 0.657. The maximum Gasteiger partial charge on any atom is 0.255 e. The molecule has 0 unspecified atom stereocenters. The number of benzene rings is 2. The lowest BCUT2D eigenvalue weighted by atomic mass is 9.91. The molecule has 0 radical (unpaired) electrons. The molecule has 0 aliphatic heterocycles. The molecule has 0 atom stereocenters. The molecule has 0 aliphatic carbocycles. The van der Waals surface area contributed by atoms with E-state index in [1.165, 1.54) is 0 Å². The Morgan fingerprint density at radius 1 is 1.08 bits per heavy atom. The first-order valence-electron chi connectivity index (χ1n) is 7.59. The molecule has 1 N–H and O–H groups in total. The zero-order valence-corrected chi connectivity index (χ0v) is 14.7. The number of anilines is 1. The van der Waals surface area contributed by atoms with E-state index in [0.717, 1.165) is 0 Å². The van der Waals surface area contributed by atoms with Crippen molar-refractivity contribution in [2.45, 2.75) is 20.8 Å². The van der Waals surface area contributed by atoms with Crippen molar-refractivity contribution in [2.24, 2.45) is 5.41 Å². The van der Waals surface area contributed by atoms with E-state index in [1.54, 1.807) is 48.5 Å². The lowest BCUT2D eigenvalue weighted by Gasteiger charge is -2.17. The first kappa shape index (κ1) is 18.0. The molecule has 0 fully saturated rings. The number of ether oxygens (including phenoxy) is 1. The van der Waals surface area contributed by atoms with E-state index in [1.807, 2.05) is 20.8 Å². The lowest BCUT2D eigenvalue weighted by Crippen LogP contribution is -2.26. The Balaban J connectivity index is 2.01. The van der Waals surface area contributed by atoms with Crippen LogP contribution in [0.1, 0.15) is 31.1 Å². The van der Waals surface area contributed by atoms with Gasteiger partial charge in [-0.15, -0.1) is 0 Å². The maximum atomic E-state index is 12.2. The van der Waals surface area contributed by atoms with Crippen LogP contribution in [-0.4, -0.2) is 18.3 Å². The third kappa shape index (κ3) is 5.10. The molecule has 2 rings (SSSR count). The van der Waals surface area contributed by atoms with Gasteiger partial charge < -0.3 is 10.1 Å². The number of ketones is 1. The quantitative estimate of drug-likeness (QED) is 0.862. The molecule has 0 spiro atoms. The second kappa shape index (κ2) is 7.49. The number of nitrogens with one attached hydrogen (secondary N) is 1. The van der Waals surface area contributed by atoms with Gasteiger partial charge in [0.1, 0.15) is 12.4 Å². The molecule has 0 bridgehead atoms. The highest BCUT2D eigenvalue weighted by atomic mass is 35.5. The fraction of sp³-hybridized carbons (Fsp3) is 0.263. The highest BCUT2D eigenvalue weighted by Gasteiger charge is 2.21. The normalized spacial score (nSPS) is 11.0. The molecule has 4 nitrogen and oxygen atoms in total. The van der Waals surface area contributed by atoms with Gasteiger partial charge in [0.05, 0.1) is 0 Å². The number of carbonyl (C=O) groups excluding carboxylic acids is 2. The molecule has 0 saturated carbocycles. The van der Waals surface area contributed by atoms with Crippen molar-refractivity contribution >= 4 is 29.0 Å². The van der Waals surface area contributed by atoms with Gasteiger partial charge in [-0.2, -0.15) is 0 Å². The average Bonchev–Trinajstić information content (AvgIpc) is 2.52. The minimum atomic E-state index is -0.444. The Hall–Kier alpha value is -2.33. The average molecular weight is 346 g/mol. The van der Waals surface area contributed by atoms with Crippen LogP contribution in [0.2, 0.25) is 5.02 Å². The summed E-state index contributed by atoms with van der Waals surface area (Å²) in [6.45, 7) is 5.54. The van der Waals surface area contributed by atoms with E-state index in [4.69, 9.17) is 16.3 Å². The summed E-state index contributed by atoms with van der Waals surface area (Å²) in [5.74, 6) is 0.300. The number of hydrogen-bond acceptors (Lipinski definition) is 3. The molecule has 0 aromatic heterocycles. The molecular weight excluding hydrogens is 326 g/mol. The standard InChI is InChI=1S/C19H20ClNO3/c1-19(2,3)17(22)12-24-16-6-4-5-15(11-16)21-18(23)13-7-9-14(20)10-8-13/h4-11H,12H2,1-3H3,(H,21,23). The number of hydrogen-bond donors (Lipinski definition) is 1. The Morgan fingerprint density at radius 2 is 1.75 bits per heavy atom. The predicted molar refractivity (Wildman–Crippen MR) is 95.8 cm³/mol. The molecule has 0 aliphatic rings. The monoisotopic (exact) mass is 345 g/mol. The molecule has 2 aromatic carbocycles. The summed E-state index contributed by atoms with van der Waals surface area (Å²) < 4.78 is 5.52. The number of carbonyl (C=O) groups is 2. The summed E-state index contributed by atoms with van der Waals surface area (Å²) in [6.07, 6.45) is 0. The van der Waals surface area contributed by atoms with Gasteiger partial charge in [-0.05, 0) is 36.4 Å².